The highest BCUT2D eigenvalue weighted by atomic mass is 16.8. The van der Waals surface area contributed by atoms with Gasteiger partial charge in [0.1, 0.15) is 11.5 Å². The maximum Gasteiger partial charge on any atom is 0.211 e. The van der Waals surface area contributed by atoms with Crippen LogP contribution in [0.15, 0.2) is 12.2 Å². The standard InChI is InChI=1S/C20H26O6/c1-8-9-4-5-10-18-11(21)6-7-17(2,3)12(18)14(23)20(24)19(10,13(8)22)15(9)25-16(18)26-20/h9-12,14-16,21,23-24H,1,4-7H2,2-3H3/t9-,10-,11+,12+,14-,15-,16-,18-,19-,20+/m0/s1. The number of carbonyl (C=O) groups is 1. The van der Waals surface area contributed by atoms with E-state index in [0.29, 0.717) is 18.4 Å². The Hall–Kier alpha value is -0.790. The summed E-state index contributed by atoms with van der Waals surface area (Å²) in [5, 5.41) is 34.3. The van der Waals surface area contributed by atoms with Crippen molar-refractivity contribution in [2.24, 2.45) is 34.0 Å². The molecule has 2 spiro atoms. The fourth-order valence-electron chi connectivity index (χ4n) is 8.38. The van der Waals surface area contributed by atoms with Gasteiger partial charge in [-0.1, -0.05) is 20.4 Å². The monoisotopic (exact) mass is 362 g/mol. The normalized spacial score (nSPS) is 64.0. The van der Waals surface area contributed by atoms with E-state index in [0.717, 1.165) is 12.8 Å². The van der Waals surface area contributed by atoms with Gasteiger partial charge in [0.25, 0.3) is 0 Å². The topological polar surface area (TPSA) is 96.2 Å². The molecule has 4 aliphatic heterocycles. The summed E-state index contributed by atoms with van der Waals surface area (Å²) in [5.41, 5.74) is -2.03. The molecule has 0 radical (unpaired) electrons. The summed E-state index contributed by atoms with van der Waals surface area (Å²) < 4.78 is 12.3. The maximum absolute atomic E-state index is 13.4. The molecule has 142 valence electrons. The van der Waals surface area contributed by atoms with E-state index in [1.54, 1.807) is 0 Å². The first kappa shape index (κ1) is 16.2. The molecule has 0 aromatic rings. The number of aliphatic hydroxyl groups is 3. The molecule has 8 fully saturated rings. The van der Waals surface area contributed by atoms with Crippen LogP contribution >= 0.6 is 0 Å². The van der Waals surface area contributed by atoms with Crippen molar-refractivity contribution in [3.8, 4) is 0 Å². The van der Waals surface area contributed by atoms with Gasteiger partial charge < -0.3 is 24.8 Å². The Morgan fingerprint density at radius 3 is 2.65 bits per heavy atom. The molecule has 4 saturated heterocycles. The molecule has 8 rings (SSSR count). The van der Waals surface area contributed by atoms with Crippen LogP contribution in [0.2, 0.25) is 0 Å². The van der Waals surface area contributed by atoms with E-state index in [-0.39, 0.29) is 23.0 Å². The molecule has 4 aliphatic carbocycles. The molecule has 6 nitrogen and oxygen atoms in total. The summed E-state index contributed by atoms with van der Waals surface area (Å²) in [6.45, 7) is 8.14. The number of hydrogen-bond donors (Lipinski definition) is 3. The van der Waals surface area contributed by atoms with Gasteiger partial charge in [-0.3, -0.25) is 4.79 Å². The van der Waals surface area contributed by atoms with Gasteiger partial charge in [-0.2, -0.15) is 0 Å². The fraction of sp³-hybridized carbons (Fsp3) is 0.850. The van der Waals surface area contributed by atoms with Crippen molar-refractivity contribution in [2.75, 3.05) is 0 Å². The van der Waals surface area contributed by atoms with Crippen LogP contribution in [0.25, 0.3) is 0 Å². The van der Waals surface area contributed by atoms with Crippen molar-refractivity contribution in [3.63, 3.8) is 0 Å². The van der Waals surface area contributed by atoms with E-state index < -0.39 is 47.1 Å². The van der Waals surface area contributed by atoms with E-state index in [9.17, 15) is 20.1 Å². The highest BCUT2D eigenvalue weighted by Gasteiger charge is 2.92. The molecule has 6 heteroatoms. The van der Waals surface area contributed by atoms with Crippen molar-refractivity contribution >= 4 is 5.78 Å². The minimum atomic E-state index is -1.97. The predicted octanol–water partition coefficient (Wildman–Crippen LogP) is 0.740. The first-order valence-corrected chi connectivity index (χ1v) is 9.80. The zero-order valence-electron chi connectivity index (χ0n) is 15.1. The molecule has 10 atom stereocenters. The Bertz CT molecular complexity index is 761. The lowest BCUT2D eigenvalue weighted by Gasteiger charge is -2.79. The second-order valence-corrected chi connectivity index (χ2v) is 10.1. The molecule has 0 aromatic heterocycles. The highest BCUT2D eigenvalue weighted by molar-refractivity contribution is 6.05. The Labute approximate surface area is 152 Å². The third-order valence-corrected chi connectivity index (χ3v) is 9.14. The lowest BCUT2D eigenvalue weighted by molar-refractivity contribution is -0.556. The van der Waals surface area contributed by atoms with Crippen molar-refractivity contribution in [2.45, 2.75) is 69.9 Å². The first-order chi connectivity index (χ1) is 12.1. The fourth-order valence-corrected chi connectivity index (χ4v) is 8.38. The predicted molar refractivity (Wildman–Crippen MR) is 88.4 cm³/mol. The van der Waals surface area contributed by atoms with Gasteiger partial charge in [0.2, 0.25) is 5.79 Å². The van der Waals surface area contributed by atoms with Crippen LogP contribution in [0.5, 0.6) is 0 Å². The van der Waals surface area contributed by atoms with Gasteiger partial charge in [-0.05, 0) is 42.6 Å². The van der Waals surface area contributed by atoms with Crippen molar-refractivity contribution < 1.29 is 29.6 Å². The summed E-state index contributed by atoms with van der Waals surface area (Å²) in [6, 6.07) is 0. The van der Waals surface area contributed by atoms with Crippen LogP contribution in [0, 0.1) is 34.0 Å². The smallest absolute Gasteiger partial charge is 0.211 e. The molecule has 4 saturated carbocycles. The molecular formula is C20H26O6. The maximum atomic E-state index is 13.4. The van der Waals surface area contributed by atoms with Crippen LogP contribution in [-0.4, -0.2) is 51.5 Å². The third kappa shape index (κ3) is 1.19. The van der Waals surface area contributed by atoms with Gasteiger partial charge in [0.15, 0.2) is 12.1 Å². The molecule has 3 N–H and O–H groups in total. The number of Topliss-reactive ketones (excluding diaryl/α,β-unsaturated/α-hetero) is 1. The lowest BCUT2D eigenvalue weighted by atomic mass is 9.34. The van der Waals surface area contributed by atoms with E-state index in [4.69, 9.17) is 9.47 Å². The van der Waals surface area contributed by atoms with Gasteiger partial charge >= 0.3 is 0 Å². The number of ether oxygens (including phenoxy) is 2. The zero-order chi connectivity index (χ0) is 18.4. The molecule has 8 aliphatic rings. The summed E-state index contributed by atoms with van der Waals surface area (Å²) in [6.07, 6.45) is -0.473. The van der Waals surface area contributed by atoms with E-state index in [2.05, 4.69) is 20.4 Å². The molecular weight excluding hydrogens is 336 g/mol. The summed E-state index contributed by atoms with van der Waals surface area (Å²) in [7, 11) is 0. The van der Waals surface area contributed by atoms with Crippen LogP contribution in [0.1, 0.15) is 39.5 Å². The average Bonchev–Trinajstić information content (AvgIpc) is 2.71. The van der Waals surface area contributed by atoms with Crippen LogP contribution in [0.4, 0.5) is 0 Å². The summed E-state index contributed by atoms with van der Waals surface area (Å²) in [5.74, 6) is -2.99. The minimum absolute atomic E-state index is 0.133. The summed E-state index contributed by atoms with van der Waals surface area (Å²) >= 11 is 0. The van der Waals surface area contributed by atoms with Gasteiger partial charge in [-0.15, -0.1) is 0 Å². The molecule has 0 unspecified atom stereocenters. The van der Waals surface area contributed by atoms with Gasteiger partial charge in [0.05, 0.1) is 17.6 Å². The first-order valence-electron chi connectivity index (χ1n) is 9.80. The highest BCUT2D eigenvalue weighted by Crippen LogP contribution is 2.81. The minimum Gasteiger partial charge on any atom is -0.392 e. The number of hydrogen-bond acceptors (Lipinski definition) is 6. The number of ketones is 1. The lowest BCUT2D eigenvalue weighted by Crippen LogP contribution is -2.91. The Kier molecular flexibility index (Phi) is 2.57. The second kappa shape index (κ2) is 4.13. The second-order valence-electron chi connectivity index (χ2n) is 10.1. The van der Waals surface area contributed by atoms with E-state index in [1.807, 2.05) is 0 Å². The third-order valence-electron chi connectivity index (χ3n) is 9.14. The zero-order valence-corrected chi connectivity index (χ0v) is 15.1. The van der Waals surface area contributed by atoms with Crippen molar-refractivity contribution in [1.82, 2.24) is 0 Å². The number of carbonyl (C=O) groups excluding carboxylic acids is 1. The average molecular weight is 362 g/mol. The van der Waals surface area contributed by atoms with Crippen molar-refractivity contribution in [1.29, 1.82) is 0 Å². The summed E-state index contributed by atoms with van der Waals surface area (Å²) in [4.78, 5) is 13.4. The van der Waals surface area contributed by atoms with Gasteiger partial charge in [-0.25, -0.2) is 0 Å². The van der Waals surface area contributed by atoms with Gasteiger partial charge in [0, 0.05) is 11.8 Å². The largest absolute Gasteiger partial charge is 0.392 e. The SMILES string of the molecule is C=C1C(=O)[C@@]23[C@H]4O[C@H]5O[C@]2(O)[C@@H](O)[C@@H]2C(C)(C)CC[C@@H](O)[C@]52[C@@H]3CC[C@@H]14. The van der Waals surface area contributed by atoms with E-state index >= 15 is 0 Å². The quantitative estimate of drug-likeness (QED) is 0.550. The number of aliphatic hydroxyl groups excluding tert-OH is 2. The Morgan fingerprint density at radius 1 is 1.19 bits per heavy atom. The molecule has 4 heterocycles. The Balaban J connectivity index is 1.70. The molecule has 26 heavy (non-hydrogen) atoms. The van der Waals surface area contributed by atoms with E-state index in [1.165, 1.54) is 0 Å². The Morgan fingerprint density at radius 2 is 1.92 bits per heavy atom. The van der Waals surface area contributed by atoms with Crippen LogP contribution in [-0.2, 0) is 14.3 Å². The van der Waals surface area contributed by atoms with Crippen LogP contribution in [0.3, 0.4) is 0 Å². The molecule has 0 aromatic carbocycles. The van der Waals surface area contributed by atoms with Crippen LogP contribution < -0.4 is 0 Å². The molecule has 0 amide bonds. The van der Waals surface area contributed by atoms with Crippen molar-refractivity contribution in [3.05, 3.63) is 12.2 Å². The number of rotatable bonds is 0. The molecule has 7 bridgehead atoms.